The van der Waals surface area contributed by atoms with Crippen LogP contribution in [0.5, 0.6) is 0 Å². The van der Waals surface area contributed by atoms with Crippen molar-refractivity contribution < 1.29 is 9.72 Å². The van der Waals surface area contributed by atoms with E-state index < -0.39 is 10.8 Å². The number of rotatable bonds is 4. The molecule has 3 aromatic rings. The van der Waals surface area contributed by atoms with E-state index in [2.05, 4.69) is 15.3 Å². The highest BCUT2D eigenvalue weighted by Crippen LogP contribution is 2.23. The van der Waals surface area contributed by atoms with Crippen LogP contribution in [0.25, 0.3) is 5.82 Å². The maximum atomic E-state index is 12.3. The zero-order valence-electron chi connectivity index (χ0n) is 12.1. The lowest BCUT2D eigenvalue weighted by Crippen LogP contribution is -2.13. The number of amides is 1. The van der Waals surface area contributed by atoms with Crippen molar-refractivity contribution in [1.82, 2.24) is 14.5 Å². The first-order valence-corrected chi connectivity index (χ1v) is 7.12. The Labute approximate surface area is 140 Å². The number of nitrogens with one attached hydrogen (secondary N) is 1. The predicted molar refractivity (Wildman–Crippen MR) is 87.4 cm³/mol. The monoisotopic (exact) mass is 343 g/mol. The van der Waals surface area contributed by atoms with Gasteiger partial charge >= 0.3 is 0 Å². The van der Waals surface area contributed by atoms with E-state index in [4.69, 9.17) is 11.6 Å². The molecule has 1 N–H and O–H groups in total. The third-order valence-corrected chi connectivity index (χ3v) is 3.51. The van der Waals surface area contributed by atoms with Gasteiger partial charge in [0.1, 0.15) is 12.1 Å². The minimum Gasteiger partial charge on any atom is -0.321 e. The van der Waals surface area contributed by atoms with Crippen LogP contribution in [0.2, 0.25) is 5.02 Å². The highest BCUT2D eigenvalue weighted by atomic mass is 35.5. The maximum absolute atomic E-state index is 12.3. The molecule has 8 nitrogen and oxygen atoms in total. The van der Waals surface area contributed by atoms with Crippen molar-refractivity contribution in [1.29, 1.82) is 0 Å². The molecule has 1 aromatic carbocycles. The number of anilines is 1. The summed E-state index contributed by atoms with van der Waals surface area (Å²) >= 11 is 5.95. The van der Waals surface area contributed by atoms with E-state index in [0.717, 1.165) is 6.07 Å². The van der Waals surface area contributed by atoms with E-state index in [1.54, 1.807) is 35.4 Å². The molecule has 0 aliphatic rings. The molecular weight excluding hydrogens is 334 g/mol. The average Bonchev–Trinajstić information content (AvgIpc) is 3.10. The number of halogens is 1. The number of non-ortho nitro benzene ring substituents is 1. The van der Waals surface area contributed by atoms with Crippen LogP contribution in [-0.4, -0.2) is 25.4 Å². The molecular formula is C15H10ClN5O3. The zero-order chi connectivity index (χ0) is 17.1. The number of nitro groups is 1. The van der Waals surface area contributed by atoms with Gasteiger partial charge in [-0.25, -0.2) is 9.97 Å². The largest absolute Gasteiger partial charge is 0.321 e. The topological polar surface area (TPSA) is 103 Å². The van der Waals surface area contributed by atoms with Crippen LogP contribution in [0.15, 0.2) is 55.2 Å². The summed E-state index contributed by atoms with van der Waals surface area (Å²) in [6.45, 7) is 0. The van der Waals surface area contributed by atoms with Gasteiger partial charge in [-0.15, -0.1) is 0 Å². The number of carbonyl (C=O) groups is 1. The summed E-state index contributed by atoms with van der Waals surface area (Å²) in [5.41, 5.74) is 0.245. The summed E-state index contributed by atoms with van der Waals surface area (Å²) in [6, 6.07) is 7.04. The Kier molecular flexibility index (Phi) is 4.21. The lowest BCUT2D eigenvalue weighted by atomic mass is 10.2. The molecule has 0 bridgehead atoms. The molecule has 24 heavy (non-hydrogen) atoms. The molecule has 120 valence electrons. The minimum atomic E-state index is -0.589. The number of hydrogen-bond donors (Lipinski definition) is 1. The first-order valence-electron chi connectivity index (χ1n) is 6.74. The van der Waals surface area contributed by atoms with Crippen molar-refractivity contribution >= 4 is 28.9 Å². The summed E-state index contributed by atoms with van der Waals surface area (Å²) in [7, 11) is 0. The van der Waals surface area contributed by atoms with Crippen LogP contribution in [0, 0.1) is 10.1 Å². The summed E-state index contributed by atoms with van der Waals surface area (Å²) < 4.78 is 1.71. The molecule has 0 saturated carbocycles. The Hall–Kier alpha value is -3.26. The van der Waals surface area contributed by atoms with E-state index in [1.165, 1.54) is 18.3 Å². The van der Waals surface area contributed by atoms with Crippen molar-refractivity contribution in [2.24, 2.45) is 0 Å². The van der Waals surface area contributed by atoms with Gasteiger partial charge in [0.05, 0.1) is 27.4 Å². The molecule has 1 amide bonds. The molecule has 0 spiro atoms. The van der Waals surface area contributed by atoms with Crippen molar-refractivity contribution in [3.63, 3.8) is 0 Å². The molecule has 0 aliphatic heterocycles. The van der Waals surface area contributed by atoms with E-state index in [9.17, 15) is 14.9 Å². The van der Waals surface area contributed by atoms with Crippen LogP contribution >= 0.6 is 11.6 Å². The van der Waals surface area contributed by atoms with Crippen LogP contribution < -0.4 is 5.32 Å². The predicted octanol–water partition coefficient (Wildman–Crippen LogP) is 3.08. The maximum Gasteiger partial charge on any atom is 0.270 e. The van der Waals surface area contributed by atoms with Crippen LogP contribution in [0.1, 0.15) is 10.4 Å². The number of aromatic nitrogens is 3. The van der Waals surface area contributed by atoms with Crippen molar-refractivity contribution in [3.05, 3.63) is 76.0 Å². The Morgan fingerprint density at radius 1 is 1.29 bits per heavy atom. The number of hydrogen-bond acceptors (Lipinski definition) is 5. The first-order chi connectivity index (χ1) is 11.5. The number of pyridine rings is 1. The molecule has 0 fully saturated rings. The highest BCUT2D eigenvalue weighted by molar-refractivity contribution is 6.34. The molecule has 2 heterocycles. The molecule has 0 unspecified atom stereocenters. The van der Waals surface area contributed by atoms with Gasteiger partial charge in [-0.1, -0.05) is 11.6 Å². The Bertz CT molecular complexity index is 894. The second-order valence-corrected chi connectivity index (χ2v) is 5.16. The van der Waals surface area contributed by atoms with E-state index in [1.807, 2.05) is 0 Å². The van der Waals surface area contributed by atoms with Gasteiger partial charge in [-0.2, -0.15) is 0 Å². The SMILES string of the molecule is O=C(Nc1ccc(-n2ccnc2)nc1)c1cc([N+](=O)[O-])ccc1Cl. The Morgan fingerprint density at radius 2 is 2.12 bits per heavy atom. The van der Waals surface area contributed by atoms with Gasteiger partial charge in [0.25, 0.3) is 11.6 Å². The highest BCUT2D eigenvalue weighted by Gasteiger charge is 2.16. The molecule has 0 atom stereocenters. The van der Waals surface area contributed by atoms with Crippen LogP contribution in [0.3, 0.4) is 0 Å². The Morgan fingerprint density at radius 3 is 2.75 bits per heavy atom. The van der Waals surface area contributed by atoms with Gasteiger partial charge in [0.15, 0.2) is 0 Å². The lowest BCUT2D eigenvalue weighted by Gasteiger charge is -2.07. The van der Waals surface area contributed by atoms with Crippen molar-refractivity contribution in [3.8, 4) is 5.82 Å². The van der Waals surface area contributed by atoms with Gasteiger partial charge in [-0.05, 0) is 18.2 Å². The molecule has 0 aliphatic carbocycles. The fourth-order valence-corrected chi connectivity index (χ4v) is 2.21. The second-order valence-electron chi connectivity index (χ2n) is 4.75. The molecule has 3 rings (SSSR count). The summed E-state index contributed by atoms with van der Waals surface area (Å²) in [5.74, 6) is 0.0831. The summed E-state index contributed by atoms with van der Waals surface area (Å²) in [4.78, 5) is 30.6. The number of nitro benzene ring substituents is 1. The molecule has 0 saturated heterocycles. The zero-order valence-corrected chi connectivity index (χ0v) is 12.8. The molecule has 2 aromatic heterocycles. The van der Waals surface area contributed by atoms with Crippen molar-refractivity contribution in [2.45, 2.75) is 0 Å². The summed E-state index contributed by atoms with van der Waals surface area (Å²) in [6.07, 6.45) is 6.44. The fourth-order valence-electron chi connectivity index (χ4n) is 2.01. The number of imidazole rings is 1. The lowest BCUT2D eigenvalue weighted by molar-refractivity contribution is -0.384. The third kappa shape index (κ3) is 3.23. The smallest absolute Gasteiger partial charge is 0.270 e. The Balaban J connectivity index is 1.80. The quantitative estimate of drug-likeness (QED) is 0.579. The number of nitrogens with zero attached hydrogens (tertiary/aromatic N) is 4. The third-order valence-electron chi connectivity index (χ3n) is 3.18. The first kappa shape index (κ1) is 15.6. The van der Waals surface area contributed by atoms with Gasteiger partial charge in [0.2, 0.25) is 0 Å². The summed E-state index contributed by atoms with van der Waals surface area (Å²) in [5, 5.41) is 13.5. The van der Waals surface area contributed by atoms with Crippen LogP contribution in [-0.2, 0) is 0 Å². The molecule has 9 heteroatoms. The second kappa shape index (κ2) is 6.47. The van der Waals surface area contributed by atoms with Crippen LogP contribution in [0.4, 0.5) is 11.4 Å². The van der Waals surface area contributed by atoms with E-state index in [-0.39, 0.29) is 16.3 Å². The minimum absolute atomic E-state index is 0.0181. The normalized spacial score (nSPS) is 10.4. The van der Waals surface area contributed by atoms with Crippen molar-refractivity contribution in [2.75, 3.05) is 5.32 Å². The number of carbonyl (C=O) groups excluding carboxylic acids is 1. The van der Waals surface area contributed by atoms with E-state index in [0.29, 0.717) is 11.5 Å². The van der Waals surface area contributed by atoms with Gasteiger partial charge in [-0.3, -0.25) is 19.5 Å². The van der Waals surface area contributed by atoms with E-state index >= 15 is 0 Å². The molecule has 0 radical (unpaired) electrons. The van der Waals surface area contributed by atoms with Gasteiger partial charge < -0.3 is 5.32 Å². The fraction of sp³-hybridized carbons (Fsp3) is 0. The standard InChI is InChI=1S/C15H10ClN5O3/c16-13-3-2-11(21(23)24)7-12(13)15(22)19-10-1-4-14(18-8-10)20-6-5-17-9-20/h1-9H,(H,19,22). The van der Waals surface area contributed by atoms with Gasteiger partial charge in [0, 0.05) is 24.5 Å². The number of benzene rings is 1. The average molecular weight is 344 g/mol.